The maximum atomic E-state index is 13.5. The minimum absolute atomic E-state index is 0.0554. The number of amides is 3. The first kappa shape index (κ1) is 54.4. The van der Waals surface area contributed by atoms with Crippen molar-refractivity contribution < 1.29 is 53.1 Å². The second kappa shape index (κ2) is 28.1. The maximum Gasteiger partial charge on any atom is 0.405 e. The zero-order valence-electron chi connectivity index (χ0n) is 38.9. The predicted octanol–water partition coefficient (Wildman–Crippen LogP) is 6.33. The van der Waals surface area contributed by atoms with Crippen LogP contribution in [0.25, 0.3) is 0 Å². The van der Waals surface area contributed by atoms with Crippen molar-refractivity contribution in [3.05, 3.63) is 107 Å². The van der Waals surface area contributed by atoms with E-state index >= 15 is 0 Å². The highest BCUT2D eigenvalue weighted by molar-refractivity contribution is 6.23. The molecule has 7 N–H and O–H groups in total. The highest BCUT2D eigenvalue weighted by atomic mass is 16.6. The summed E-state index contributed by atoms with van der Waals surface area (Å²) in [6, 6.07) is 5.07. The molecule has 0 fully saturated rings. The number of primary amides is 1. The molecule has 1 aromatic rings. The lowest BCUT2D eigenvalue weighted by atomic mass is 9.85. The Balaban J connectivity index is 0.000000537. The van der Waals surface area contributed by atoms with E-state index in [2.05, 4.69) is 48.5 Å². The van der Waals surface area contributed by atoms with Crippen LogP contribution in [-0.4, -0.2) is 92.0 Å². The molecule has 0 spiro atoms. The third-order valence-corrected chi connectivity index (χ3v) is 10.5. The Morgan fingerprint density at radius 3 is 2.42 bits per heavy atom. The zero-order chi connectivity index (χ0) is 47.9. The number of aromatic hydroxyl groups is 1. The highest BCUT2D eigenvalue weighted by Crippen LogP contribution is 2.29. The number of carbonyl (C=O) groups excluding carboxylic acids is 5. The third kappa shape index (κ3) is 18.1. The molecule has 0 saturated heterocycles. The molecule has 15 nitrogen and oxygen atoms in total. The number of rotatable bonds is 15. The number of phenolic OH excluding ortho intramolecular Hbond substituents is 1. The number of ketones is 2. The number of aliphatic hydroxyl groups is 1. The predicted molar refractivity (Wildman–Crippen MR) is 247 cm³/mol. The number of nitrogens with one attached hydrogen (secondary N) is 3. The van der Waals surface area contributed by atoms with E-state index in [4.69, 9.17) is 24.7 Å². The molecule has 0 aromatic heterocycles. The van der Waals surface area contributed by atoms with Gasteiger partial charge in [-0.05, 0) is 81.1 Å². The normalized spacial score (nSPS) is 24.5. The van der Waals surface area contributed by atoms with Crippen LogP contribution in [0.5, 0.6) is 11.5 Å². The lowest BCUT2D eigenvalue weighted by Gasteiger charge is -2.30. The van der Waals surface area contributed by atoms with Crippen LogP contribution in [0.15, 0.2) is 101 Å². The van der Waals surface area contributed by atoms with Gasteiger partial charge in [-0.15, -0.1) is 6.58 Å². The van der Waals surface area contributed by atoms with Crippen molar-refractivity contribution in [1.29, 1.82) is 0 Å². The number of benzene rings is 1. The molecular weight excluding hydrogens is 821 g/mol. The van der Waals surface area contributed by atoms with Crippen molar-refractivity contribution in [2.75, 3.05) is 27.9 Å². The van der Waals surface area contributed by atoms with E-state index in [0.29, 0.717) is 36.6 Å². The number of aliphatic hydroxyl groups excluding tert-OH is 1. The molecule has 64 heavy (non-hydrogen) atoms. The molecule has 2 bridgehead atoms. The van der Waals surface area contributed by atoms with E-state index in [-0.39, 0.29) is 53.1 Å². The summed E-state index contributed by atoms with van der Waals surface area (Å²) in [7, 11) is 4.42. The minimum Gasteiger partial charge on any atom is -0.504 e. The van der Waals surface area contributed by atoms with E-state index < -0.39 is 53.9 Å². The number of allylic oxidation sites excluding steroid dienone is 6. The van der Waals surface area contributed by atoms with Crippen molar-refractivity contribution in [1.82, 2.24) is 16.0 Å². The van der Waals surface area contributed by atoms with Crippen LogP contribution in [0, 0.1) is 17.8 Å². The number of carbonyl (C=O) groups is 5. The molecule has 1 heterocycles. The number of methoxy groups -OCH3 is 3. The van der Waals surface area contributed by atoms with Crippen LogP contribution in [0.3, 0.4) is 0 Å². The Morgan fingerprint density at radius 1 is 1.08 bits per heavy atom. The monoisotopic (exact) mass is 891 g/mol. The van der Waals surface area contributed by atoms with E-state index in [9.17, 15) is 34.2 Å². The molecule has 0 saturated carbocycles. The quantitative estimate of drug-likeness (QED) is 0.0646. The minimum atomic E-state index is -1.00. The lowest BCUT2D eigenvalue weighted by molar-refractivity contribution is -0.121. The fraction of sp³-hybridized carbons (Fsp3) is 0.490. The first-order valence-electron chi connectivity index (χ1n) is 21.6. The Morgan fingerprint density at radius 2 is 1.80 bits per heavy atom. The van der Waals surface area contributed by atoms with Gasteiger partial charge in [0.2, 0.25) is 17.5 Å². The number of hydrogen-bond donors (Lipinski definition) is 6. The number of fused-ring (bicyclic) bond motifs is 2. The standard InChI is InChI=1S/C31H43N3O8.C18H27NO3/c1-8-12-33-26-21-13-17(2)14-25(41-7)27(36)19(4)15-20(5)29(42-31(32)39)24(40-6)11-9-10-18(3)30(38)34-22(28(21)37)16-23(26)35;1-14(2)8-6-4-5-7-9-18(21)19-13-15-10-11-16(20)17(12-15)22-3/h8-11,15-17,19,24-25,27,29,33,36H,1,12-14H2,2-7H3,(H2,32,39)(H,34,38);6,8,10-12,14,20H,4-5,7,9,13H2,1-3H3,(H,19,21)/b11-9-,18-10+,20-15+;8-6+/t17-,19+,24+,25+,27-,29+;/m1./s1. The van der Waals surface area contributed by atoms with E-state index in [1.54, 1.807) is 63.3 Å². The van der Waals surface area contributed by atoms with Crippen LogP contribution >= 0.6 is 0 Å². The van der Waals surface area contributed by atoms with Gasteiger partial charge in [0.15, 0.2) is 17.6 Å². The molecule has 352 valence electrons. The molecule has 3 amide bonds. The van der Waals surface area contributed by atoms with Gasteiger partial charge in [-0.2, -0.15) is 0 Å². The van der Waals surface area contributed by atoms with Gasteiger partial charge in [-0.1, -0.05) is 76.3 Å². The molecule has 1 aliphatic heterocycles. The van der Waals surface area contributed by atoms with E-state index in [1.165, 1.54) is 27.4 Å². The largest absolute Gasteiger partial charge is 0.504 e. The van der Waals surface area contributed by atoms with Crippen molar-refractivity contribution >= 4 is 29.5 Å². The van der Waals surface area contributed by atoms with E-state index in [0.717, 1.165) is 30.9 Å². The topological polar surface area (TPSA) is 225 Å². The van der Waals surface area contributed by atoms with Crippen LogP contribution < -0.4 is 26.4 Å². The smallest absolute Gasteiger partial charge is 0.405 e. The highest BCUT2D eigenvalue weighted by Gasteiger charge is 2.33. The molecule has 0 radical (unpaired) electrons. The average Bonchev–Trinajstić information content (AvgIpc) is 3.25. The third-order valence-electron chi connectivity index (χ3n) is 10.5. The van der Waals surface area contributed by atoms with Crippen LogP contribution in [0.4, 0.5) is 4.79 Å². The fourth-order valence-electron chi connectivity index (χ4n) is 6.99. The van der Waals surface area contributed by atoms with Crippen molar-refractivity contribution in [2.45, 2.75) is 111 Å². The Hall–Kier alpha value is -5.77. The first-order valence-corrected chi connectivity index (χ1v) is 21.6. The second-order valence-electron chi connectivity index (χ2n) is 16.3. The van der Waals surface area contributed by atoms with Crippen LogP contribution in [0.1, 0.15) is 85.6 Å². The molecule has 6 atom stereocenters. The summed E-state index contributed by atoms with van der Waals surface area (Å²) in [4.78, 5) is 63.0. The Kier molecular flexibility index (Phi) is 23.9. The molecule has 1 aliphatic carbocycles. The van der Waals surface area contributed by atoms with Gasteiger partial charge in [0.25, 0.3) is 5.91 Å². The fourth-order valence-corrected chi connectivity index (χ4v) is 6.99. The molecule has 2 aliphatic rings. The molecule has 3 rings (SSSR count). The lowest BCUT2D eigenvalue weighted by Crippen LogP contribution is -2.37. The Labute approximate surface area is 378 Å². The van der Waals surface area contributed by atoms with Crippen LogP contribution in [-0.2, 0) is 39.9 Å². The average molecular weight is 891 g/mol. The van der Waals surface area contributed by atoms with Gasteiger partial charge in [-0.25, -0.2) is 4.79 Å². The molecule has 1 aromatic carbocycles. The van der Waals surface area contributed by atoms with E-state index in [1.807, 2.05) is 6.92 Å². The number of ether oxygens (including phenoxy) is 4. The molecular formula is C49H70N4O11. The van der Waals surface area contributed by atoms with Crippen molar-refractivity contribution in [3.63, 3.8) is 0 Å². The van der Waals surface area contributed by atoms with Gasteiger partial charge in [0.1, 0.15) is 6.10 Å². The number of unbranched alkanes of at least 4 members (excludes halogenated alkanes) is 2. The maximum absolute atomic E-state index is 13.5. The van der Waals surface area contributed by atoms with Gasteiger partial charge < -0.3 is 50.8 Å². The second-order valence-corrected chi connectivity index (χ2v) is 16.3. The first-order chi connectivity index (χ1) is 30.4. The van der Waals surface area contributed by atoms with Gasteiger partial charge in [-0.3, -0.25) is 19.2 Å². The van der Waals surface area contributed by atoms with Gasteiger partial charge in [0.05, 0.1) is 30.7 Å². The van der Waals surface area contributed by atoms with Crippen molar-refractivity contribution in [2.24, 2.45) is 23.5 Å². The number of phenols is 1. The zero-order valence-corrected chi connectivity index (χ0v) is 38.9. The van der Waals surface area contributed by atoms with Gasteiger partial charge in [0, 0.05) is 56.9 Å². The number of nitrogens with two attached hydrogens (primary N) is 1. The summed E-state index contributed by atoms with van der Waals surface area (Å²) in [5.74, 6) is -0.976. The SMILES string of the molecule is C=CCNC1=C2C[C@@H](C)C[C@H](OC)[C@H](O)[C@@H](C)/C=C(\C)[C@H](OC(N)=O)[C@@H](OC)/C=C\C=C(/C)C(=O)NC(=CC1=O)C2=O.COc1cc(CNC(=O)CCCC/C=C/C(C)C)ccc1O. The number of Topliss-reactive ketones (excluding diaryl/α,β-unsaturated/α-hetero) is 1. The summed E-state index contributed by atoms with van der Waals surface area (Å²) < 4.78 is 21.6. The summed E-state index contributed by atoms with van der Waals surface area (Å²) in [6.07, 6.45) is 13.2. The van der Waals surface area contributed by atoms with Crippen molar-refractivity contribution in [3.8, 4) is 11.5 Å². The Bertz CT molecular complexity index is 1960. The molecule has 15 heteroatoms. The summed E-state index contributed by atoms with van der Waals surface area (Å²) in [6.45, 7) is 15.7. The van der Waals surface area contributed by atoms with Gasteiger partial charge >= 0.3 is 6.09 Å². The summed E-state index contributed by atoms with van der Waals surface area (Å²) in [5, 5.41) is 29.1. The molecule has 0 unspecified atom stereocenters. The summed E-state index contributed by atoms with van der Waals surface area (Å²) >= 11 is 0. The summed E-state index contributed by atoms with van der Waals surface area (Å²) in [5.41, 5.74) is 7.32. The number of hydrogen-bond acceptors (Lipinski definition) is 12. The van der Waals surface area contributed by atoms with Crippen LogP contribution in [0.2, 0.25) is 0 Å².